The fourth-order valence-electron chi connectivity index (χ4n) is 2.83. The number of nitrogens with one attached hydrogen (secondary N) is 2. The Morgan fingerprint density at radius 2 is 1.48 bits per heavy atom. The SMILES string of the molecule is COc1ccc(SCC(=O)Nc2ccc(S(=O)(=O)Nc3cc(OC)ccc3OC)cc2)cc1. The first kappa shape index (κ1) is 24.3. The van der Waals surface area contributed by atoms with Crippen LogP contribution < -0.4 is 24.2 Å². The van der Waals surface area contributed by atoms with Crippen molar-refractivity contribution in [2.24, 2.45) is 0 Å². The maximum Gasteiger partial charge on any atom is 0.262 e. The number of methoxy groups -OCH3 is 3. The van der Waals surface area contributed by atoms with Crippen LogP contribution in [-0.4, -0.2) is 41.4 Å². The Morgan fingerprint density at radius 3 is 2.09 bits per heavy atom. The summed E-state index contributed by atoms with van der Waals surface area (Å²) in [4.78, 5) is 13.2. The van der Waals surface area contributed by atoms with Gasteiger partial charge in [0.25, 0.3) is 10.0 Å². The summed E-state index contributed by atoms with van der Waals surface area (Å²) < 4.78 is 43.6. The number of thioether (sulfide) groups is 1. The molecule has 3 aromatic rings. The molecular weight excluding hydrogens is 464 g/mol. The van der Waals surface area contributed by atoms with Crippen molar-refractivity contribution in [3.63, 3.8) is 0 Å². The molecule has 8 nitrogen and oxygen atoms in total. The molecule has 3 rings (SSSR count). The van der Waals surface area contributed by atoms with Gasteiger partial charge in [-0.15, -0.1) is 11.8 Å². The number of sulfonamides is 1. The fourth-order valence-corrected chi connectivity index (χ4v) is 4.59. The van der Waals surface area contributed by atoms with Gasteiger partial charge in [-0.1, -0.05) is 0 Å². The second-order valence-electron chi connectivity index (χ2n) is 6.71. The molecule has 0 saturated heterocycles. The lowest BCUT2D eigenvalue weighted by Crippen LogP contribution is -2.15. The third-order valence-corrected chi connectivity index (χ3v) is 6.92. The van der Waals surface area contributed by atoms with Gasteiger partial charge in [-0.05, 0) is 60.7 Å². The van der Waals surface area contributed by atoms with Crippen molar-refractivity contribution < 1.29 is 27.4 Å². The fraction of sp³-hybridized carbons (Fsp3) is 0.174. The molecule has 33 heavy (non-hydrogen) atoms. The molecule has 174 valence electrons. The molecule has 0 bridgehead atoms. The molecule has 2 N–H and O–H groups in total. The van der Waals surface area contributed by atoms with Crippen molar-refractivity contribution in [1.29, 1.82) is 0 Å². The monoisotopic (exact) mass is 488 g/mol. The maximum atomic E-state index is 12.8. The van der Waals surface area contributed by atoms with Gasteiger partial charge in [-0.2, -0.15) is 0 Å². The van der Waals surface area contributed by atoms with Crippen LogP contribution in [0.3, 0.4) is 0 Å². The van der Waals surface area contributed by atoms with Crippen LogP contribution >= 0.6 is 11.8 Å². The molecule has 0 heterocycles. The highest BCUT2D eigenvalue weighted by molar-refractivity contribution is 8.00. The molecule has 0 aliphatic heterocycles. The first-order valence-electron chi connectivity index (χ1n) is 9.76. The van der Waals surface area contributed by atoms with Crippen molar-refractivity contribution >= 4 is 39.1 Å². The minimum Gasteiger partial charge on any atom is -0.497 e. The summed E-state index contributed by atoms with van der Waals surface area (Å²) in [5.74, 6) is 1.60. The Balaban J connectivity index is 1.62. The van der Waals surface area contributed by atoms with Crippen molar-refractivity contribution in [3.8, 4) is 17.2 Å². The van der Waals surface area contributed by atoms with E-state index in [0.29, 0.717) is 17.2 Å². The van der Waals surface area contributed by atoms with Crippen LogP contribution in [0.2, 0.25) is 0 Å². The van der Waals surface area contributed by atoms with Crippen LogP contribution in [0.1, 0.15) is 0 Å². The van der Waals surface area contributed by atoms with E-state index in [1.165, 1.54) is 56.3 Å². The number of benzene rings is 3. The van der Waals surface area contributed by atoms with Crippen LogP contribution in [-0.2, 0) is 14.8 Å². The summed E-state index contributed by atoms with van der Waals surface area (Å²) in [6.45, 7) is 0. The maximum absolute atomic E-state index is 12.8. The van der Waals surface area contributed by atoms with Crippen molar-refractivity contribution in [2.45, 2.75) is 9.79 Å². The second-order valence-corrected chi connectivity index (χ2v) is 9.44. The van der Waals surface area contributed by atoms with Gasteiger partial charge in [0, 0.05) is 16.6 Å². The molecule has 0 fully saturated rings. The Morgan fingerprint density at radius 1 is 0.848 bits per heavy atom. The van der Waals surface area contributed by atoms with Gasteiger partial charge in [0.2, 0.25) is 5.91 Å². The molecule has 0 saturated carbocycles. The van der Waals surface area contributed by atoms with E-state index >= 15 is 0 Å². The van der Waals surface area contributed by atoms with E-state index in [4.69, 9.17) is 14.2 Å². The summed E-state index contributed by atoms with van der Waals surface area (Å²) in [5, 5.41) is 2.76. The topological polar surface area (TPSA) is 103 Å². The summed E-state index contributed by atoms with van der Waals surface area (Å²) in [5.41, 5.74) is 0.748. The number of hydrogen-bond acceptors (Lipinski definition) is 7. The zero-order valence-corrected chi connectivity index (χ0v) is 20.0. The predicted molar refractivity (Wildman–Crippen MR) is 129 cm³/mol. The summed E-state index contributed by atoms with van der Waals surface area (Å²) in [6, 6.07) is 18.1. The predicted octanol–water partition coefficient (Wildman–Crippen LogP) is 4.24. The van der Waals surface area contributed by atoms with Crippen molar-refractivity contribution in [3.05, 3.63) is 66.7 Å². The molecule has 0 radical (unpaired) electrons. The molecule has 10 heteroatoms. The molecule has 0 aliphatic carbocycles. The lowest BCUT2D eigenvalue weighted by Gasteiger charge is -2.13. The lowest BCUT2D eigenvalue weighted by molar-refractivity contribution is -0.113. The quantitative estimate of drug-likeness (QED) is 0.411. The number of rotatable bonds is 10. The van der Waals surface area contributed by atoms with E-state index in [9.17, 15) is 13.2 Å². The molecule has 0 aliphatic rings. The van der Waals surface area contributed by atoms with Gasteiger partial charge in [0.15, 0.2) is 0 Å². The number of hydrogen-bond donors (Lipinski definition) is 2. The number of carbonyl (C=O) groups is 1. The van der Waals surface area contributed by atoms with Crippen LogP contribution in [0.15, 0.2) is 76.5 Å². The largest absolute Gasteiger partial charge is 0.497 e. The van der Waals surface area contributed by atoms with Gasteiger partial charge >= 0.3 is 0 Å². The molecular formula is C23H24N2O6S2. The van der Waals surface area contributed by atoms with E-state index in [1.54, 1.807) is 19.2 Å². The van der Waals surface area contributed by atoms with Gasteiger partial charge in [-0.3, -0.25) is 9.52 Å². The summed E-state index contributed by atoms with van der Waals surface area (Å²) >= 11 is 1.39. The summed E-state index contributed by atoms with van der Waals surface area (Å²) in [7, 11) is 0.651. The van der Waals surface area contributed by atoms with E-state index in [-0.39, 0.29) is 22.2 Å². The van der Waals surface area contributed by atoms with Crippen LogP contribution in [0.5, 0.6) is 17.2 Å². The average Bonchev–Trinajstić information content (AvgIpc) is 2.83. The Bertz CT molecular complexity index is 1200. The standard InChI is InChI=1S/C23H24N2O6S2/c1-29-17-6-9-19(10-7-17)32-15-23(26)24-16-4-11-20(12-5-16)33(27,28)25-21-14-18(30-2)8-13-22(21)31-3/h4-14,25H,15H2,1-3H3,(H,24,26). The van der Waals surface area contributed by atoms with Crippen LogP contribution in [0.4, 0.5) is 11.4 Å². The average molecular weight is 489 g/mol. The van der Waals surface area contributed by atoms with Crippen molar-refractivity contribution in [1.82, 2.24) is 0 Å². The third kappa shape index (κ3) is 6.56. The first-order chi connectivity index (χ1) is 15.8. The molecule has 0 unspecified atom stereocenters. The van der Waals surface area contributed by atoms with Gasteiger partial charge in [-0.25, -0.2) is 8.42 Å². The number of amides is 1. The minimum atomic E-state index is -3.88. The molecule has 1 amide bonds. The second kappa shape index (κ2) is 11.0. The smallest absolute Gasteiger partial charge is 0.262 e. The third-order valence-electron chi connectivity index (χ3n) is 4.53. The highest BCUT2D eigenvalue weighted by Gasteiger charge is 2.17. The lowest BCUT2D eigenvalue weighted by atomic mass is 10.3. The molecule has 0 atom stereocenters. The van der Waals surface area contributed by atoms with E-state index in [1.807, 2.05) is 24.3 Å². The number of anilines is 2. The minimum absolute atomic E-state index is 0.0398. The molecule has 0 aromatic heterocycles. The molecule has 3 aromatic carbocycles. The van der Waals surface area contributed by atoms with Gasteiger partial charge in [0.05, 0.1) is 37.7 Å². The number of carbonyl (C=O) groups excluding carboxylic acids is 1. The molecule has 0 spiro atoms. The zero-order chi connectivity index (χ0) is 23.8. The highest BCUT2D eigenvalue weighted by Crippen LogP contribution is 2.31. The highest BCUT2D eigenvalue weighted by atomic mass is 32.2. The first-order valence-corrected chi connectivity index (χ1v) is 12.2. The van der Waals surface area contributed by atoms with E-state index < -0.39 is 10.0 Å². The normalized spacial score (nSPS) is 10.9. The zero-order valence-electron chi connectivity index (χ0n) is 18.3. The summed E-state index contributed by atoms with van der Waals surface area (Å²) in [6.07, 6.45) is 0. The van der Waals surface area contributed by atoms with Gasteiger partial charge < -0.3 is 19.5 Å². The Hall–Kier alpha value is -3.37. The van der Waals surface area contributed by atoms with Gasteiger partial charge in [0.1, 0.15) is 17.2 Å². The van der Waals surface area contributed by atoms with E-state index in [0.717, 1.165) is 10.6 Å². The van der Waals surface area contributed by atoms with E-state index in [2.05, 4.69) is 10.0 Å². The Labute approximate surface area is 197 Å². The number of ether oxygens (including phenoxy) is 3. The van der Waals surface area contributed by atoms with Crippen LogP contribution in [0.25, 0.3) is 0 Å². The van der Waals surface area contributed by atoms with Crippen LogP contribution in [0, 0.1) is 0 Å². The Kier molecular flexibility index (Phi) is 8.07. The van der Waals surface area contributed by atoms with Crippen molar-refractivity contribution in [2.75, 3.05) is 37.1 Å².